The monoisotopic (exact) mass is 272 g/mol. The minimum Gasteiger partial charge on any atom is -0.366 e. The van der Waals surface area contributed by atoms with Crippen molar-refractivity contribution in [3.05, 3.63) is 34.9 Å². The molecule has 0 spiro atoms. The molecule has 107 valence electrons. The number of rotatable bonds is 2. The van der Waals surface area contributed by atoms with E-state index in [0.717, 1.165) is 44.6 Å². The summed E-state index contributed by atoms with van der Waals surface area (Å²) in [5.41, 5.74) is 8.59. The number of piperazine rings is 1. The fourth-order valence-electron chi connectivity index (χ4n) is 3.49. The Morgan fingerprint density at radius 2 is 2.10 bits per heavy atom. The van der Waals surface area contributed by atoms with Crippen molar-refractivity contribution in [2.45, 2.75) is 25.3 Å². The van der Waals surface area contributed by atoms with E-state index in [1.165, 1.54) is 12.0 Å². The fourth-order valence-corrected chi connectivity index (χ4v) is 3.49. The van der Waals surface area contributed by atoms with E-state index >= 15 is 0 Å². The lowest BCUT2D eigenvalue weighted by atomic mass is 9.83. The normalized spacial score (nSPS) is 24.4. The third kappa shape index (κ3) is 2.45. The van der Waals surface area contributed by atoms with Gasteiger partial charge in [0.2, 0.25) is 5.91 Å². The number of nitrogens with two attached hydrogens (primary N) is 1. The molecule has 1 aromatic carbocycles. The predicted molar refractivity (Wildman–Crippen MR) is 78.5 cm³/mol. The summed E-state index contributed by atoms with van der Waals surface area (Å²) in [6.07, 6.45) is 3.36. The zero-order valence-electron chi connectivity index (χ0n) is 12.1. The summed E-state index contributed by atoms with van der Waals surface area (Å²) in [7, 11) is 2.16. The van der Waals surface area contributed by atoms with Crippen molar-refractivity contribution >= 4 is 5.91 Å². The van der Waals surface area contributed by atoms with Crippen molar-refractivity contribution in [3.8, 4) is 0 Å². The van der Waals surface area contributed by atoms with Gasteiger partial charge in [-0.1, -0.05) is 12.1 Å². The van der Waals surface area contributed by atoms with Gasteiger partial charge in [-0.2, -0.15) is 0 Å². The highest BCUT2D eigenvalue weighted by Crippen LogP contribution is 2.36. The Labute approximate surface area is 120 Å². The van der Waals surface area contributed by atoms with E-state index < -0.39 is 0 Å². The molecule has 4 nitrogen and oxygen atoms in total. The maximum Gasteiger partial charge on any atom is 0.249 e. The van der Waals surface area contributed by atoms with Crippen molar-refractivity contribution in [2.24, 2.45) is 5.73 Å². The lowest BCUT2D eigenvalue weighted by molar-refractivity contribution is 0.0954. The first kappa shape index (κ1) is 13.6. The number of fused-ring (bicyclic) bond motifs is 1. The van der Waals surface area contributed by atoms with Crippen LogP contribution in [0.4, 0.5) is 0 Å². The third-order valence-electron chi connectivity index (χ3n) is 4.61. The molecule has 1 aliphatic heterocycles. The summed E-state index contributed by atoms with van der Waals surface area (Å²) in [6, 6.07) is 7.34. The molecule has 1 atom stereocenters. The van der Waals surface area contributed by atoms with Gasteiger partial charge in [0.25, 0.3) is 0 Å². The number of benzene rings is 1. The van der Waals surface area contributed by atoms with Crippen molar-refractivity contribution < 1.29 is 4.79 Å². The smallest absolute Gasteiger partial charge is 0.249 e. The molecule has 2 aliphatic rings. The van der Waals surface area contributed by atoms with Gasteiger partial charge in [0.1, 0.15) is 0 Å². The van der Waals surface area contributed by atoms with E-state index in [1.54, 1.807) is 0 Å². The van der Waals surface area contributed by atoms with Gasteiger partial charge in [0, 0.05) is 32.2 Å². The lowest BCUT2D eigenvalue weighted by Crippen LogP contribution is -2.47. The molecular weight excluding hydrogens is 250 g/mol. The summed E-state index contributed by atoms with van der Waals surface area (Å²) >= 11 is 0. The number of carbonyl (C=O) groups excluding carboxylic acids is 1. The largest absolute Gasteiger partial charge is 0.366 e. The fraction of sp³-hybridized carbons (Fsp3) is 0.562. The molecule has 1 heterocycles. The zero-order valence-corrected chi connectivity index (χ0v) is 12.1. The zero-order chi connectivity index (χ0) is 14.1. The van der Waals surface area contributed by atoms with E-state index in [0.29, 0.717) is 11.6 Å². The van der Waals surface area contributed by atoms with Crippen LogP contribution in [0.2, 0.25) is 0 Å². The Balaban J connectivity index is 1.94. The van der Waals surface area contributed by atoms with Gasteiger partial charge >= 0.3 is 0 Å². The molecule has 2 N–H and O–H groups in total. The molecule has 1 radical (unpaired) electrons. The van der Waals surface area contributed by atoms with Crippen LogP contribution in [0.1, 0.15) is 40.4 Å². The first-order chi connectivity index (χ1) is 9.66. The summed E-state index contributed by atoms with van der Waals surface area (Å²) in [4.78, 5) is 16.6. The van der Waals surface area contributed by atoms with Gasteiger partial charge in [-0.15, -0.1) is 0 Å². The van der Waals surface area contributed by atoms with Crippen LogP contribution in [0.25, 0.3) is 0 Å². The summed E-state index contributed by atoms with van der Waals surface area (Å²) in [5, 5.41) is 0. The molecule has 1 aromatic rings. The average molecular weight is 272 g/mol. The van der Waals surface area contributed by atoms with Gasteiger partial charge in [-0.05, 0) is 43.5 Å². The minimum atomic E-state index is -0.345. The number of nitrogens with zero attached hydrogens (tertiary/aromatic N) is 2. The Hall–Kier alpha value is -1.39. The molecule has 0 bridgehead atoms. The maximum absolute atomic E-state index is 11.7. The van der Waals surface area contributed by atoms with Gasteiger partial charge in [0.15, 0.2) is 0 Å². The van der Waals surface area contributed by atoms with Crippen LogP contribution < -0.4 is 5.73 Å². The Kier molecular flexibility index (Phi) is 3.76. The molecule has 1 fully saturated rings. The molecule has 4 heteroatoms. The highest BCUT2D eigenvalue weighted by Gasteiger charge is 2.30. The summed E-state index contributed by atoms with van der Waals surface area (Å²) in [6.45, 7) is 4.31. The Bertz CT molecular complexity index is 506. The maximum atomic E-state index is 11.7. The van der Waals surface area contributed by atoms with Crippen molar-refractivity contribution in [3.63, 3.8) is 0 Å². The molecule has 0 aromatic heterocycles. The molecule has 20 heavy (non-hydrogen) atoms. The topological polar surface area (TPSA) is 49.6 Å². The molecule has 1 unspecified atom stereocenters. The van der Waals surface area contributed by atoms with E-state index in [9.17, 15) is 4.79 Å². The van der Waals surface area contributed by atoms with Crippen molar-refractivity contribution in [1.29, 1.82) is 0 Å². The first-order valence-electron chi connectivity index (χ1n) is 7.42. The molecule has 1 saturated heterocycles. The molecule has 0 saturated carbocycles. The Morgan fingerprint density at radius 1 is 1.35 bits per heavy atom. The van der Waals surface area contributed by atoms with Crippen LogP contribution in [0, 0.1) is 6.07 Å². The third-order valence-corrected chi connectivity index (χ3v) is 4.61. The van der Waals surface area contributed by atoms with Crippen LogP contribution in [0.5, 0.6) is 0 Å². The quantitative estimate of drug-likeness (QED) is 0.880. The second-order valence-electron chi connectivity index (χ2n) is 5.90. The second kappa shape index (κ2) is 5.54. The van der Waals surface area contributed by atoms with E-state index in [-0.39, 0.29) is 5.91 Å². The molecule has 3 rings (SSSR count). The lowest BCUT2D eigenvalue weighted by Gasteiger charge is -2.41. The van der Waals surface area contributed by atoms with E-state index in [4.69, 9.17) is 5.73 Å². The number of hydrogen-bond acceptors (Lipinski definition) is 3. The van der Waals surface area contributed by atoms with Gasteiger partial charge in [-0.25, -0.2) is 0 Å². The SMILES string of the molecule is CN1CCN(C2CCCc3cc[c]c(C(N)=O)c32)CC1. The van der Waals surface area contributed by atoms with Crippen LogP contribution >= 0.6 is 0 Å². The number of aryl methyl sites for hydroxylation is 1. The summed E-state index contributed by atoms with van der Waals surface area (Å²) in [5.74, 6) is -0.345. The highest BCUT2D eigenvalue weighted by molar-refractivity contribution is 5.94. The molecule has 1 amide bonds. The molecular formula is C16H22N3O. The van der Waals surface area contributed by atoms with Crippen LogP contribution in [0.15, 0.2) is 12.1 Å². The standard InChI is InChI=1S/C16H22N3O/c1-18-8-10-19(11-9-18)14-7-3-5-12-4-2-6-13(15(12)14)16(17)20/h2,4,14H,3,5,7-11H2,1H3,(H2,17,20). The van der Waals surface area contributed by atoms with E-state index in [2.05, 4.69) is 29.0 Å². The van der Waals surface area contributed by atoms with Gasteiger partial charge in [-0.3, -0.25) is 9.69 Å². The second-order valence-corrected chi connectivity index (χ2v) is 5.90. The Morgan fingerprint density at radius 3 is 2.80 bits per heavy atom. The number of hydrogen-bond donors (Lipinski definition) is 1. The number of likely N-dealkylation sites (N-methyl/N-ethyl adjacent to an activating group) is 1. The molecule has 1 aliphatic carbocycles. The highest BCUT2D eigenvalue weighted by atomic mass is 16.1. The predicted octanol–water partition coefficient (Wildman–Crippen LogP) is 1.21. The number of amides is 1. The van der Waals surface area contributed by atoms with Crippen LogP contribution in [0.3, 0.4) is 0 Å². The van der Waals surface area contributed by atoms with Crippen molar-refractivity contribution in [2.75, 3.05) is 33.2 Å². The summed E-state index contributed by atoms with van der Waals surface area (Å²) < 4.78 is 0. The number of primary amides is 1. The van der Waals surface area contributed by atoms with Crippen LogP contribution in [-0.4, -0.2) is 48.9 Å². The van der Waals surface area contributed by atoms with Crippen molar-refractivity contribution in [1.82, 2.24) is 9.80 Å². The van der Waals surface area contributed by atoms with E-state index in [1.807, 2.05) is 6.07 Å². The minimum absolute atomic E-state index is 0.340. The van der Waals surface area contributed by atoms with Crippen LogP contribution in [-0.2, 0) is 6.42 Å². The number of carbonyl (C=O) groups is 1. The van der Waals surface area contributed by atoms with Gasteiger partial charge in [0.05, 0.1) is 5.56 Å². The first-order valence-corrected chi connectivity index (χ1v) is 7.42. The average Bonchev–Trinajstić information content (AvgIpc) is 2.47. The van der Waals surface area contributed by atoms with Gasteiger partial charge < -0.3 is 10.6 Å².